The number of carboxylic acid groups (broad SMARTS) is 1. The number of aromatic nitrogens is 3. The van der Waals surface area contributed by atoms with Gasteiger partial charge in [-0.2, -0.15) is 0 Å². The van der Waals surface area contributed by atoms with Crippen LogP contribution in [0.15, 0.2) is 96.1 Å². The largest absolute Gasteiger partial charge is 0.506 e. The molecule has 6 N–H and O–H groups in total. The van der Waals surface area contributed by atoms with E-state index in [-0.39, 0.29) is 52.0 Å². The molecule has 246 valence electrons. The second-order valence-corrected chi connectivity index (χ2v) is 11.9. The molecule has 12 nitrogen and oxygen atoms in total. The Morgan fingerprint density at radius 3 is 2.48 bits per heavy atom. The molecule has 2 atom stereocenters. The molecular formula is C36H35N5O7. The number of nitrogens with zero attached hydrogens (tertiary/aromatic N) is 3. The molecule has 3 heterocycles. The number of carbonyl (C=O) groups is 2. The number of piperidine rings is 1. The number of benzene rings is 3. The van der Waals surface area contributed by atoms with Crippen LogP contribution in [-0.2, 0) is 10.4 Å². The number of aliphatic hydroxyl groups excluding tert-OH is 1. The number of amides is 1. The third-order valence-electron chi connectivity index (χ3n) is 8.87. The van der Waals surface area contributed by atoms with Crippen molar-refractivity contribution in [1.29, 1.82) is 0 Å². The van der Waals surface area contributed by atoms with Crippen LogP contribution in [0.3, 0.4) is 0 Å². The lowest BCUT2D eigenvalue weighted by atomic mass is 9.85. The van der Waals surface area contributed by atoms with Crippen LogP contribution < -0.4 is 10.9 Å². The summed E-state index contributed by atoms with van der Waals surface area (Å²) in [6.07, 6.45) is 3.54. The number of aromatic hydroxyl groups is 1. The molecule has 1 aliphatic rings. The lowest BCUT2D eigenvalue weighted by Crippen LogP contribution is -2.41. The quantitative estimate of drug-likeness (QED) is 0.131. The van der Waals surface area contributed by atoms with E-state index in [0.717, 1.165) is 12.8 Å². The number of rotatable bonds is 10. The molecule has 48 heavy (non-hydrogen) atoms. The van der Waals surface area contributed by atoms with Gasteiger partial charge in [-0.25, -0.2) is 9.78 Å². The second-order valence-electron chi connectivity index (χ2n) is 11.9. The number of aliphatic hydroxyl groups is 2. The van der Waals surface area contributed by atoms with Crippen molar-refractivity contribution < 1.29 is 30.0 Å². The Labute approximate surface area is 275 Å². The highest BCUT2D eigenvalue weighted by Crippen LogP contribution is 2.33. The maximum Gasteiger partial charge on any atom is 0.345 e. The summed E-state index contributed by atoms with van der Waals surface area (Å²) < 4.78 is 0. The number of carbonyl (C=O) groups excluding carboxylic acids is 1. The average molecular weight is 650 g/mol. The number of H-pyrrole nitrogens is 1. The Balaban J connectivity index is 1.07. The highest BCUT2D eigenvalue weighted by Gasteiger charge is 2.40. The number of aliphatic carboxylic acids is 1. The fourth-order valence-electron chi connectivity index (χ4n) is 6.19. The number of hydrogen-bond donors (Lipinski definition) is 6. The maximum atomic E-state index is 13.4. The van der Waals surface area contributed by atoms with Crippen LogP contribution in [0.2, 0.25) is 0 Å². The smallest absolute Gasteiger partial charge is 0.345 e. The summed E-state index contributed by atoms with van der Waals surface area (Å²) in [7, 11) is 0. The minimum Gasteiger partial charge on any atom is -0.506 e. The molecule has 1 saturated heterocycles. The van der Waals surface area contributed by atoms with Gasteiger partial charge in [0.1, 0.15) is 11.4 Å². The first-order valence-corrected chi connectivity index (χ1v) is 15.6. The van der Waals surface area contributed by atoms with Gasteiger partial charge in [0.2, 0.25) is 11.2 Å². The lowest BCUT2D eigenvalue weighted by molar-refractivity contribution is -0.155. The summed E-state index contributed by atoms with van der Waals surface area (Å²) in [4.78, 5) is 50.5. The Hall–Kier alpha value is -5.43. The molecule has 0 bridgehead atoms. The van der Waals surface area contributed by atoms with Crippen LogP contribution in [0.4, 0.5) is 0 Å². The Bertz CT molecular complexity index is 2010. The van der Waals surface area contributed by atoms with Crippen LogP contribution in [0.25, 0.3) is 22.2 Å². The van der Waals surface area contributed by atoms with Gasteiger partial charge in [-0.05, 0) is 54.6 Å². The third-order valence-corrected chi connectivity index (χ3v) is 8.87. The number of likely N-dealkylation sites (tertiary alicyclic amines) is 1. The zero-order valence-electron chi connectivity index (χ0n) is 25.9. The molecule has 0 spiro atoms. The van der Waals surface area contributed by atoms with E-state index in [0.29, 0.717) is 41.8 Å². The van der Waals surface area contributed by atoms with E-state index in [1.807, 2.05) is 0 Å². The van der Waals surface area contributed by atoms with Crippen molar-refractivity contribution in [2.24, 2.45) is 5.92 Å². The van der Waals surface area contributed by atoms with E-state index in [1.165, 1.54) is 30.6 Å². The molecule has 0 saturated carbocycles. The van der Waals surface area contributed by atoms with Crippen molar-refractivity contribution in [2.45, 2.75) is 24.5 Å². The van der Waals surface area contributed by atoms with Crippen molar-refractivity contribution in [3.63, 3.8) is 0 Å². The van der Waals surface area contributed by atoms with Gasteiger partial charge in [0.25, 0.3) is 5.91 Å². The average Bonchev–Trinajstić information content (AvgIpc) is 3.12. The first kappa shape index (κ1) is 32.5. The number of nitrogens with one attached hydrogen (secondary N) is 2. The molecule has 6 rings (SSSR count). The third kappa shape index (κ3) is 6.54. The molecule has 0 radical (unpaired) electrons. The highest BCUT2D eigenvalue weighted by atomic mass is 16.4. The predicted molar refractivity (Wildman–Crippen MR) is 177 cm³/mol. The molecule has 1 amide bonds. The van der Waals surface area contributed by atoms with Crippen molar-refractivity contribution >= 4 is 22.8 Å². The van der Waals surface area contributed by atoms with E-state index >= 15 is 0 Å². The van der Waals surface area contributed by atoms with E-state index in [4.69, 9.17) is 0 Å². The van der Waals surface area contributed by atoms with Crippen LogP contribution >= 0.6 is 0 Å². The zero-order valence-corrected chi connectivity index (χ0v) is 25.9. The van der Waals surface area contributed by atoms with Gasteiger partial charge in [-0.3, -0.25) is 14.6 Å². The van der Waals surface area contributed by atoms with Crippen LogP contribution in [0.1, 0.15) is 46.1 Å². The summed E-state index contributed by atoms with van der Waals surface area (Å²) >= 11 is 0. The van der Waals surface area contributed by atoms with Gasteiger partial charge < -0.3 is 35.6 Å². The summed E-state index contributed by atoms with van der Waals surface area (Å²) in [5.74, 6) is -1.45. The minimum absolute atomic E-state index is 0.0628. The topological polar surface area (TPSA) is 189 Å². The number of pyridine rings is 1. The molecular weight excluding hydrogens is 614 g/mol. The number of fused-ring (bicyclic) bond motifs is 1. The van der Waals surface area contributed by atoms with Crippen molar-refractivity contribution in [3.8, 4) is 17.0 Å². The van der Waals surface area contributed by atoms with E-state index in [2.05, 4.69) is 20.3 Å². The standard InChI is InChI=1S/C36H35N5O7/c42-30-11-9-26(27-10-12-32(44)40-33(27)30)31(43)21-37-18-22-13-15-41(16-14-22)34(45)29-20-38-19-28(39-29)23-5-4-8-25(17-23)36(48,35(46)47)24-6-2-1-3-7-24/h1-12,17,19-20,22,31,37,42-43,48H,13-16,18,21H2,(H,40,44)(H,46,47)/t31-,36-/m0/s1. The Kier molecular flexibility index (Phi) is 9.30. The van der Waals surface area contributed by atoms with E-state index in [1.54, 1.807) is 65.6 Å². The van der Waals surface area contributed by atoms with E-state index < -0.39 is 17.7 Å². The van der Waals surface area contributed by atoms with Crippen LogP contribution in [0.5, 0.6) is 5.75 Å². The first-order chi connectivity index (χ1) is 23.1. The fourth-order valence-corrected chi connectivity index (χ4v) is 6.19. The normalized spacial score (nSPS) is 15.6. The van der Waals surface area contributed by atoms with Gasteiger partial charge in [0.15, 0.2) is 0 Å². The fraction of sp³-hybridized carbons (Fsp3) is 0.250. The number of phenolic OH excluding ortho intramolecular Hbond substituents is 1. The number of aromatic amines is 1. The molecule has 0 aliphatic carbocycles. The molecule has 3 aromatic carbocycles. The SMILES string of the molecule is O=C(c1cncc(-c2cccc([C@](O)(C(=O)O)c3ccccc3)c2)n1)N1CCC(CNC[C@H](O)c2ccc(O)c3[nH]c(=O)ccc23)CC1. The zero-order chi connectivity index (χ0) is 33.8. The first-order valence-electron chi connectivity index (χ1n) is 15.6. The molecule has 2 aromatic heterocycles. The molecule has 0 unspecified atom stereocenters. The van der Waals surface area contributed by atoms with Crippen molar-refractivity contribution in [2.75, 3.05) is 26.2 Å². The van der Waals surface area contributed by atoms with Gasteiger partial charge >= 0.3 is 5.97 Å². The van der Waals surface area contributed by atoms with Crippen LogP contribution in [0, 0.1) is 5.92 Å². The molecule has 1 aliphatic heterocycles. The van der Waals surface area contributed by atoms with Gasteiger partial charge in [0, 0.05) is 42.2 Å². The van der Waals surface area contributed by atoms with Gasteiger partial charge in [-0.1, -0.05) is 54.6 Å². The lowest BCUT2D eigenvalue weighted by Gasteiger charge is -2.32. The van der Waals surface area contributed by atoms with Crippen molar-refractivity contribution in [1.82, 2.24) is 25.2 Å². The monoisotopic (exact) mass is 649 g/mol. The van der Waals surface area contributed by atoms with Crippen molar-refractivity contribution in [3.05, 3.63) is 124 Å². The molecule has 1 fully saturated rings. The van der Waals surface area contributed by atoms with E-state index in [9.17, 15) is 34.8 Å². The Morgan fingerprint density at radius 2 is 1.73 bits per heavy atom. The van der Waals surface area contributed by atoms with Crippen LogP contribution in [-0.4, -0.2) is 78.3 Å². The van der Waals surface area contributed by atoms with Gasteiger partial charge in [-0.15, -0.1) is 0 Å². The molecule has 5 aromatic rings. The second kappa shape index (κ2) is 13.7. The number of hydrogen-bond acceptors (Lipinski definition) is 9. The minimum atomic E-state index is -2.28. The summed E-state index contributed by atoms with van der Waals surface area (Å²) in [6.45, 7) is 1.96. The maximum absolute atomic E-state index is 13.4. The summed E-state index contributed by atoms with van der Waals surface area (Å²) in [5, 5.41) is 46.1. The van der Waals surface area contributed by atoms with Gasteiger partial charge in [0.05, 0.1) is 29.7 Å². The predicted octanol–water partition coefficient (Wildman–Crippen LogP) is 3.19. The highest BCUT2D eigenvalue weighted by molar-refractivity contribution is 5.92. The number of carboxylic acids is 1. The molecule has 12 heteroatoms. The Morgan fingerprint density at radius 1 is 0.979 bits per heavy atom. The summed E-state index contributed by atoms with van der Waals surface area (Å²) in [6, 6.07) is 20.6. The number of phenols is 1. The summed E-state index contributed by atoms with van der Waals surface area (Å²) in [5.41, 5.74) is -0.345.